The molecule has 4 nitrogen and oxygen atoms in total. The van der Waals surface area contributed by atoms with Gasteiger partial charge in [-0.25, -0.2) is 9.97 Å². The van der Waals surface area contributed by atoms with Crippen LogP contribution in [0.1, 0.15) is 23.9 Å². The molecular weight excluding hydrogens is 344 g/mol. The molecule has 2 aromatic carbocycles. The largest absolute Gasteiger partial charge is 0.366 e. The van der Waals surface area contributed by atoms with Crippen molar-refractivity contribution in [2.45, 2.75) is 26.9 Å². The van der Waals surface area contributed by atoms with Gasteiger partial charge in [0, 0.05) is 30.7 Å². The van der Waals surface area contributed by atoms with Crippen molar-refractivity contribution in [3.05, 3.63) is 82.6 Å². The summed E-state index contributed by atoms with van der Waals surface area (Å²) in [6.45, 7) is 6.37. The summed E-state index contributed by atoms with van der Waals surface area (Å²) in [5, 5.41) is 4.12. The molecule has 0 spiro atoms. The Labute approximate surface area is 159 Å². The molecule has 0 bridgehead atoms. The molecule has 0 atom stereocenters. The molecule has 0 fully saturated rings. The van der Waals surface area contributed by atoms with Gasteiger partial charge in [0.25, 0.3) is 0 Å². The highest BCUT2D eigenvalue weighted by Gasteiger charge is 2.10. The highest BCUT2D eigenvalue weighted by Crippen LogP contribution is 2.20. The Kier molecular flexibility index (Phi) is 6.08. The number of nitrogens with one attached hydrogen (secondary N) is 1. The van der Waals surface area contributed by atoms with E-state index in [1.807, 2.05) is 43.3 Å². The molecule has 3 rings (SSSR count). The number of halogens is 1. The van der Waals surface area contributed by atoms with Gasteiger partial charge in [-0.05, 0) is 31.0 Å². The minimum absolute atomic E-state index is 0.625. The Morgan fingerprint density at radius 3 is 2.46 bits per heavy atom. The van der Waals surface area contributed by atoms with Crippen LogP contribution in [0.15, 0.2) is 60.7 Å². The molecular formula is C21H23ClN4. The third kappa shape index (κ3) is 4.73. The van der Waals surface area contributed by atoms with Crippen LogP contribution >= 0.6 is 11.6 Å². The smallest absolute Gasteiger partial charge is 0.134 e. The van der Waals surface area contributed by atoms with Gasteiger partial charge in [-0.3, -0.25) is 0 Å². The predicted molar refractivity (Wildman–Crippen MR) is 109 cm³/mol. The summed E-state index contributed by atoms with van der Waals surface area (Å²) in [4.78, 5) is 11.4. The number of hydrogen-bond acceptors (Lipinski definition) is 4. The Balaban J connectivity index is 1.76. The van der Waals surface area contributed by atoms with Crippen LogP contribution in [0.3, 0.4) is 0 Å². The zero-order chi connectivity index (χ0) is 18.4. The summed E-state index contributed by atoms with van der Waals surface area (Å²) in [7, 11) is 0. The molecule has 0 saturated heterocycles. The van der Waals surface area contributed by atoms with E-state index in [1.165, 1.54) is 5.56 Å². The summed E-state index contributed by atoms with van der Waals surface area (Å²) in [5.74, 6) is 2.47. The quantitative estimate of drug-likeness (QED) is 0.633. The van der Waals surface area contributed by atoms with E-state index in [9.17, 15) is 0 Å². The minimum Gasteiger partial charge on any atom is -0.366 e. The van der Waals surface area contributed by atoms with Gasteiger partial charge in [0.1, 0.15) is 17.5 Å². The van der Waals surface area contributed by atoms with Crippen LogP contribution in [0.5, 0.6) is 0 Å². The Bertz CT molecular complexity index is 852. The van der Waals surface area contributed by atoms with Gasteiger partial charge >= 0.3 is 0 Å². The first-order valence-electron chi connectivity index (χ1n) is 8.77. The van der Waals surface area contributed by atoms with E-state index in [-0.39, 0.29) is 0 Å². The SMILES string of the molecule is CCN(Cc1ccccc1)c1cc(NCc2ccccc2Cl)nc(C)n1. The first kappa shape index (κ1) is 18.2. The van der Waals surface area contributed by atoms with Gasteiger partial charge in [-0.2, -0.15) is 0 Å². The molecule has 0 aliphatic heterocycles. The molecule has 0 aliphatic carbocycles. The third-order valence-electron chi connectivity index (χ3n) is 4.16. The summed E-state index contributed by atoms with van der Waals surface area (Å²) in [6, 6.07) is 20.2. The summed E-state index contributed by atoms with van der Waals surface area (Å²) < 4.78 is 0. The van der Waals surface area contributed by atoms with E-state index in [0.29, 0.717) is 6.54 Å². The molecule has 3 aromatic rings. The maximum absolute atomic E-state index is 6.24. The van der Waals surface area contributed by atoms with Crippen molar-refractivity contribution in [2.75, 3.05) is 16.8 Å². The first-order chi connectivity index (χ1) is 12.7. The van der Waals surface area contributed by atoms with Crippen LogP contribution < -0.4 is 10.2 Å². The minimum atomic E-state index is 0.625. The van der Waals surface area contributed by atoms with E-state index < -0.39 is 0 Å². The lowest BCUT2D eigenvalue weighted by molar-refractivity contribution is 0.804. The lowest BCUT2D eigenvalue weighted by Gasteiger charge is -2.23. The van der Waals surface area contributed by atoms with E-state index in [1.54, 1.807) is 0 Å². The molecule has 0 aliphatic rings. The second kappa shape index (κ2) is 8.68. The molecule has 5 heteroatoms. The molecule has 1 N–H and O–H groups in total. The summed E-state index contributed by atoms with van der Waals surface area (Å²) in [6.07, 6.45) is 0. The average Bonchev–Trinajstić information content (AvgIpc) is 2.66. The van der Waals surface area contributed by atoms with Gasteiger partial charge < -0.3 is 10.2 Å². The van der Waals surface area contributed by atoms with Crippen LogP contribution in [0.2, 0.25) is 5.02 Å². The van der Waals surface area contributed by atoms with Gasteiger partial charge in [0.2, 0.25) is 0 Å². The number of nitrogens with zero attached hydrogens (tertiary/aromatic N) is 3. The van der Waals surface area contributed by atoms with Crippen LogP contribution in [-0.4, -0.2) is 16.5 Å². The number of aromatic nitrogens is 2. The third-order valence-corrected chi connectivity index (χ3v) is 4.53. The molecule has 0 saturated carbocycles. The highest BCUT2D eigenvalue weighted by atomic mass is 35.5. The van der Waals surface area contributed by atoms with Crippen LogP contribution in [-0.2, 0) is 13.1 Å². The van der Waals surface area contributed by atoms with Crippen LogP contribution in [0.25, 0.3) is 0 Å². The fraction of sp³-hybridized carbons (Fsp3) is 0.238. The normalized spacial score (nSPS) is 10.6. The fourth-order valence-electron chi connectivity index (χ4n) is 2.79. The Hall–Kier alpha value is -2.59. The Morgan fingerprint density at radius 2 is 1.73 bits per heavy atom. The van der Waals surface area contributed by atoms with Crippen LogP contribution in [0, 0.1) is 6.92 Å². The van der Waals surface area contributed by atoms with E-state index >= 15 is 0 Å². The maximum atomic E-state index is 6.24. The maximum Gasteiger partial charge on any atom is 0.134 e. The molecule has 0 unspecified atom stereocenters. The van der Waals surface area contributed by atoms with E-state index in [2.05, 4.69) is 51.4 Å². The Morgan fingerprint density at radius 1 is 1.00 bits per heavy atom. The van der Waals surface area contributed by atoms with Gasteiger partial charge in [0.15, 0.2) is 0 Å². The predicted octanol–water partition coefficient (Wildman–Crippen LogP) is 5.08. The van der Waals surface area contributed by atoms with Crippen molar-refractivity contribution in [1.29, 1.82) is 0 Å². The van der Waals surface area contributed by atoms with Gasteiger partial charge in [-0.15, -0.1) is 0 Å². The first-order valence-corrected chi connectivity index (χ1v) is 9.15. The van der Waals surface area contributed by atoms with Crippen molar-refractivity contribution in [3.63, 3.8) is 0 Å². The monoisotopic (exact) mass is 366 g/mol. The standard InChI is InChI=1S/C21H23ClN4/c1-3-26(15-17-9-5-4-6-10-17)21-13-20(24-16(2)25-21)23-14-18-11-7-8-12-19(18)22/h4-13H,3,14-15H2,1-2H3,(H,23,24,25). The number of anilines is 2. The molecule has 1 aromatic heterocycles. The number of benzene rings is 2. The van der Waals surface area contributed by atoms with Gasteiger partial charge in [-0.1, -0.05) is 60.1 Å². The highest BCUT2D eigenvalue weighted by molar-refractivity contribution is 6.31. The lowest BCUT2D eigenvalue weighted by atomic mass is 10.2. The molecule has 1 heterocycles. The average molecular weight is 367 g/mol. The summed E-state index contributed by atoms with van der Waals surface area (Å²) in [5.41, 5.74) is 2.31. The van der Waals surface area contributed by atoms with Crippen molar-refractivity contribution in [2.24, 2.45) is 0 Å². The second-order valence-corrected chi connectivity index (χ2v) is 6.51. The molecule has 26 heavy (non-hydrogen) atoms. The van der Waals surface area contributed by atoms with Crippen molar-refractivity contribution in [3.8, 4) is 0 Å². The molecule has 134 valence electrons. The topological polar surface area (TPSA) is 41.0 Å². The number of aryl methyl sites for hydroxylation is 1. The second-order valence-electron chi connectivity index (χ2n) is 6.10. The zero-order valence-corrected chi connectivity index (χ0v) is 15.9. The number of rotatable bonds is 7. The molecule has 0 radical (unpaired) electrons. The summed E-state index contributed by atoms with van der Waals surface area (Å²) >= 11 is 6.24. The van der Waals surface area contributed by atoms with Gasteiger partial charge in [0.05, 0.1) is 0 Å². The number of hydrogen-bond donors (Lipinski definition) is 1. The van der Waals surface area contributed by atoms with E-state index in [0.717, 1.165) is 41.1 Å². The van der Waals surface area contributed by atoms with E-state index in [4.69, 9.17) is 11.6 Å². The van der Waals surface area contributed by atoms with Crippen molar-refractivity contribution >= 4 is 23.2 Å². The van der Waals surface area contributed by atoms with Crippen LogP contribution in [0.4, 0.5) is 11.6 Å². The van der Waals surface area contributed by atoms with Crippen molar-refractivity contribution in [1.82, 2.24) is 9.97 Å². The van der Waals surface area contributed by atoms with Crippen molar-refractivity contribution < 1.29 is 0 Å². The zero-order valence-electron chi connectivity index (χ0n) is 15.1. The fourth-order valence-corrected chi connectivity index (χ4v) is 2.99. The molecule has 0 amide bonds. The lowest BCUT2D eigenvalue weighted by Crippen LogP contribution is -2.23.